The van der Waals surface area contributed by atoms with E-state index < -0.39 is 5.97 Å². The highest BCUT2D eigenvalue weighted by Crippen LogP contribution is 2.32. The van der Waals surface area contributed by atoms with Crippen molar-refractivity contribution in [3.05, 3.63) is 62.6 Å². The molecule has 0 aliphatic rings. The molecule has 0 amide bonds. The topological polar surface area (TPSA) is 26.3 Å². The molecule has 0 spiro atoms. The van der Waals surface area contributed by atoms with Crippen molar-refractivity contribution in [2.45, 2.75) is 13.3 Å². The van der Waals surface area contributed by atoms with Crippen LogP contribution in [0, 0.1) is 0 Å². The lowest BCUT2D eigenvalue weighted by Crippen LogP contribution is -2.10. The molecule has 0 aliphatic carbocycles. The minimum Gasteiger partial charge on any atom is -0.423 e. The van der Waals surface area contributed by atoms with E-state index in [9.17, 15) is 4.79 Å². The average molecular weight is 330 g/mol. The molecule has 0 unspecified atom stereocenters. The Bertz CT molecular complexity index is 636. The molecule has 0 radical (unpaired) electrons. The van der Waals surface area contributed by atoms with Crippen molar-refractivity contribution in [3.8, 4) is 5.75 Å². The number of ether oxygens (including phenoxy) is 1. The Balaban J connectivity index is 2.26. The van der Waals surface area contributed by atoms with Gasteiger partial charge in [-0.2, -0.15) is 0 Å². The molecular formula is C15H11Cl3O2. The van der Waals surface area contributed by atoms with Gasteiger partial charge in [0.15, 0.2) is 0 Å². The number of esters is 1. The molecule has 0 fully saturated rings. The molecule has 0 N–H and O–H groups in total. The van der Waals surface area contributed by atoms with Crippen molar-refractivity contribution in [1.82, 2.24) is 0 Å². The predicted octanol–water partition coefficient (Wildman–Crippen LogP) is 5.43. The van der Waals surface area contributed by atoms with E-state index in [-0.39, 0.29) is 20.6 Å². The summed E-state index contributed by atoms with van der Waals surface area (Å²) in [5, 5.41) is 0.549. The van der Waals surface area contributed by atoms with E-state index >= 15 is 0 Å². The lowest BCUT2D eigenvalue weighted by molar-refractivity contribution is 0.0735. The summed E-state index contributed by atoms with van der Waals surface area (Å²) in [6, 6.07) is 10.3. The van der Waals surface area contributed by atoms with Crippen LogP contribution in [0.3, 0.4) is 0 Å². The summed E-state index contributed by atoms with van der Waals surface area (Å²) in [5.74, 6) is -0.203. The number of aryl methyl sites for hydroxylation is 1. The monoisotopic (exact) mass is 328 g/mol. The predicted molar refractivity (Wildman–Crippen MR) is 82.3 cm³/mol. The zero-order valence-corrected chi connectivity index (χ0v) is 12.9. The summed E-state index contributed by atoms with van der Waals surface area (Å²) < 4.78 is 5.25. The van der Waals surface area contributed by atoms with E-state index in [0.29, 0.717) is 5.75 Å². The van der Waals surface area contributed by atoms with Crippen LogP contribution in [0.15, 0.2) is 36.4 Å². The molecule has 5 heteroatoms. The first-order valence-electron chi connectivity index (χ1n) is 5.97. The van der Waals surface area contributed by atoms with Crippen LogP contribution in [0.25, 0.3) is 0 Å². The van der Waals surface area contributed by atoms with Crippen LogP contribution in [-0.2, 0) is 6.42 Å². The highest BCUT2D eigenvalue weighted by molar-refractivity contribution is 6.46. The maximum atomic E-state index is 12.1. The van der Waals surface area contributed by atoms with Crippen molar-refractivity contribution < 1.29 is 9.53 Å². The molecule has 2 aromatic rings. The summed E-state index contributed by atoms with van der Waals surface area (Å²) in [6.45, 7) is 2.05. The first-order chi connectivity index (χ1) is 9.52. The molecule has 2 rings (SSSR count). The number of benzene rings is 2. The Hall–Kier alpha value is -1.22. The van der Waals surface area contributed by atoms with Gasteiger partial charge in [-0.25, -0.2) is 4.79 Å². The maximum absolute atomic E-state index is 12.1. The lowest BCUT2D eigenvalue weighted by Gasteiger charge is -2.09. The van der Waals surface area contributed by atoms with E-state index in [1.54, 1.807) is 12.1 Å². The molecule has 0 bridgehead atoms. The first-order valence-corrected chi connectivity index (χ1v) is 7.11. The third-order valence-corrected chi connectivity index (χ3v) is 3.91. The van der Waals surface area contributed by atoms with E-state index in [4.69, 9.17) is 39.5 Å². The molecule has 0 saturated heterocycles. The van der Waals surface area contributed by atoms with Crippen molar-refractivity contribution in [3.63, 3.8) is 0 Å². The van der Waals surface area contributed by atoms with Gasteiger partial charge in [0, 0.05) is 0 Å². The van der Waals surface area contributed by atoms with Crippen molar-refractivity contribution in [2.24, 2.45) is 0 Å². The molecule has 0 atom stereocenters. The van der Waals surface area contributed by atoms with E-state index in [2.05, 4.69) is 0 Å². The van der Waals surface area contributed by atoms with Gasteiger partial charge in [0.05, 0.1) is 20.6 Å². The molecule has 0 saturated carbocycles. The zero-order valence-electron chi connectivity index (χ0n) is 10.6. The summed E-state index contributed by atoms with van der Waals surface area (Å²) in [7, 11) is 0. The van der Waals surface area contributed by atoms with Gasteiger partial charge in [0.2, 0.25) is 0 Å². The molecular weight excluding hydrogens is 319 g/mol. The van der Waals surface area contributed by atoms with Crippen molar-refractivity contribution in [1.29, 1.82) is 0 Å². The quantitative estimate of drug-likeness (QED) is 0.426. The van der Waals surface area contributed by atoms with E-state index in [1.807, 2.05) is 19.1 Å². The number of carbonyl (C=O) groups excluding carboxylic acids is 1. The second-order valence-electron chi connectivity index (χ2n) is 4.11. The summed E-state index contributed by atoms with van der Waals surface area (Å²) in [6.07, 6.45) is 0.917. The Morgan fingerprint density at radius 2 is 1.60 bits per heavy atom. The number of hydrogen-bond acceptors (Lipinski definition) is 2. The number of hydrogen-bond donors (Lipinski definition) is 0. The third-order valence-electron chi connectivity index (χ3n) is 2.79. The molecule has 0 heterocycles. The summed E-state index contributed by atoms with van der Waals surface area (Å²) >= 11 is 17.8. The molecule has 0 aliphatic heterocycles. The fourth-order valence-electron chi connectivity index (χ4n) is 1.67. The van der Waals surface area contributed by atoms with Crippen LogP contribution in [0.2, 0.25) is 15.1 Å². The van der Waals surface area contributed by atoms with Crippen LogP contribution in [-0.4, -0.2) is 5.97 Å². The fourth-order valence-corrected chi connectivity index (χ4v) is 2.35. The number of carbonyl (C=O) groups is 1. The normalized spacial score (nSPS) is 10.4. The third kappa shape index (κ3) is 3.26. The number of halogens is 3. The maximum Gasteiger partial charge on any atom is 0.346 e. The van der Waals surface area contributed by atoms with Crippen LogP contribution in [0.4, 0.5) is 0 Å². The Kier molecular flexibility index (Phi) is 4.92. The van der Waals surface area contributed by atoms with E-state index in [1.165, 1.54) is 12.1 Å². The second kappa shape index (κ2) is 6.49. The zero-order chi connectivity index (χ0) is 14.7. The Labute approximate surface area is 132 Å². The number of rotatable bonds is 3. The first kappa shape index (κ1) is 15.2. The van der Waals surface area contributed by atoms with Crippen LogP contribution in [0.5, 0.6) is 5.75 Å². The Morgan fingerprint density at radius 3 is 2.20 bits per heavy atom. The molecule has 2 nitrogen and oxygen atoms in total. The Morgan fingerprint density at radius 1 is 1.00 bits per heavy atom. The minimum absolute atomic E-state index is 0.0698. The highest BCUT2D eigenvalue weighted by Gasteiger charge is 2.19. The van der Waals surface area contributed by atoms with Gasteiger partial charge in [0.1, 0.15) is 5.75 Å². The largest absolute Gasteiger partial charge is 0.423 e. The van der Waals surface area contributed by atoms with Crippen molar-refractivity contribution in [2.75, 3.05) is 0 Å². The summed E-state index contributed by atoms with van der Waals surface area (Å²) in [4.78, 5) is 12.1. The van der Waals surface area contributed by atoms with Gasteiger partial charge >= 0.3 is 5.97 Å². The molecule has 2 aromatic carbocycles. The fraction of sp³-hybridized carbons (Fsp3) is 0.133. The summed E-state index contributed by atoms with van der Waals surface area (Å²) in [5.41, 5.74) is 1.23. The van der Waals surface area contributed by atoms with Gasteiger partial charge < -0.3 is 4.74 Å². The van der Waals surface area contributed by atoms with Gasteiger partial charge in [-0.1, -0.05) is 53.9 Å². The molecule has 0 aromatic heterocycles. The van der Waals surface area contributed by atoms with Gasteiger partial charge in [0.25, 0.3) is 0 Å². The second-order valence-corrected chi connectivity index (χ2v) is 5.30. The smallest absolute Gasteiger partial charge is 0.346 e. The van der Waals surface area contributed by atoms with Crippen LogP contribution < -0.4 is 4.74 Å². The minimum atomic E-state index is -0.633. The van der Waals surface area contributed by atoms with Gasteiger partial charge in [-0.15, -0.1) is 0 Å². The van der Waals surface area contributed by atoms with Crippen LogP contribution >= 0.6 is 34.8 Å². The molecule has 20 heavy (non-hydrogen) atoms. The molecule has 104 valence electrons. The van der Waals surface area contributed by atoms with Crippen LogP contribution in [0.1, 0.15) is 22.8 Å². The van der Waals surface area contributed by atoms with Gasteiger partial charge in [-0.3, -0.25) is 0 Å². The lowest BCUT2D eigenvalue weighted by atomic mass is 10.2. The SMILES string of the molecule is CCc1ccc(OC(=O)c2c(Cl)ccc(Cl)c2Cl)cc1. The van der Waals surface area contributed by atoms with Crippen molar-refractivity contribution >= 4 is 40.8 Å². The standard InChI is InChI=1S/C15H11Cl3O2/c1-2-9-3-5-10(6-4-9)20-15(19)13-11(16)7-8-12(17)14(13)18/h3-8H,2H2,1H3. The highest BCUT2D eigenvalue weighted by atomic mass is 35.5. The van der Waals surface area contributed by atoms with Gasteiger partial charge in [-0.05, 0) is 36.2 Å². The average Bonchev–Trinajstić information content (AvgIpc) is 2.44. The van der Waals surface area contributed by atoms with E-state index in [0.717, 1.165) is 12.0 Å².